The molecule has 0 unspecified atom stereocenters. The van der Waals surface area contributed by atoms with Gasteiger partial charge in [0.25, 0.3) is 0 Å². The van der Waals surface area contributed by atoms with Gasteiger partial charge in [0.2, 0.25) is 11.8 Å². The summed E-state index contributed by atoms with van der Waals surface area (Å²) in [5, 5.41) is 5.82. The van der Waals surface area contributed by atoms with E-state index in [1.807, 2.05) is 24.3 Å². The summed E-state index contributed by atoms with van der Waals surface area (Å²) >= 11 is 0. The van der Waals surface area contributed by atoms with Crippen LogP contribution in [0.2, 0.25) is 0 Å². The molecule has 1 aromatic carbocycles. The molecule has 0 spiro atoms. The van der Waals surface area contributed by atoms with Gasteiger partial charge in [0.1, 0.15) is 0 Å². The molecule has 1 aromatic rings. The third-order valence-electron chi connectivity index (χ3n) is 3.61. The maximum absolute atomic E-state index is 12.0. The molecule has 1 fully saturated rings. The molecule has 4 nitrogen and oxygen atoms in total. The van der Waals surface area contributed by atoms with Crippen LogP contribution in [0.4, 0.5) is 5.69 Å². The zero-order valence-electron chi connectivity index (χ0n) is 11.9. The molecule has 20 heavy (non-hydrogen) atoms. The fourth-order valence-corrected chi connectivity index (χ4v) is 2.62. The van der Waals surface area contributed by atoms with Crippen molar-refractivity contribution in [3.8, 4) is 0 Å². The number of benzene rings is 1. The third kappa shape index (κ3) is 4.68. The van der Waals surface area contributed by atoms with Crippen molar-refractivity contribution in [3.05, 3.63) is 29.8 Å². The SMILES string of the molecule is CC(=O)Nc1ccc(CC(=O)NC2CCCCC2)cc1. The second-order valence-corrected chi connectivity index (χ2v) is 5.46. The Bertz CT molecular complexity index is 462. The molecule has 1 aliphatic carbocycles. The van der Waals surface area contributed by atoms with Gasteiger partial charge >= 0.3 is 0 Å². The summed E-state index contributed by atoms with van der Waals surface area (Å²) in [6.45, 7) is 1.48. The van der Waals surface area contributed by atoms with E-state index in [0.717, 1.165) is 24.1 Å². The van der Waals surface area contributed by atoms with Crippen molar-refractivity contribution >= 4 is 17.5 Å². The average molecular weight is 274 g/mol. The van der Waals surface area contributed by atoms with Crippen molar-refractivity contribution in [3.63, 3.8) is 0 Å². The van der Waals surface area contributed by atoms with Crippen LogP contribution in [0.3, 0.4) is 0 Å². The quantitative estimate of drug-likeness (QED) is 0.886. The fraction of sp³-hybridized carbons (Fsp3) is 0.500. The van der Waals surface area contributed by atoms with Gasteiger partial charge in [-0.1, -0.05) is 31.4 Å². The molecule has 4 heteroatoms. The largest absolute Gasteiger partial charge is 0.353 e. The number of carbonyl (C=O) groups is 2. The van der Waals surface area contributed by atoms with Crippen molar-refractivity contribution in [2.45, 2.75) is 51.5 Å². The third-order valence-corrected chi connectivity index (χ3v) is 3.61. The van der Waals surface area contributed by atoms with Crippen LogP contribution in [0.15, 0.2) is 24.3 Å². The van der Waals surface area contributed by atoms with Crippen LogP contribution >= 0.6 is 0 Å². The lowest BCUT2D eigenvalue weighted by Crippen LogP contribution is -2.37. The lowest BCUT2D eigenvalue weighted by Gasteiger charge is -2.22. The predicted octanol–water partition coefficient (Wildman–Crippen LogP) is 2.64. The van der Waals surface area contributed by atoms with E-state index in [4.69, 9.17) is 0 Å². The molecule has 0 radical (unpaired) electrons. The maximum atomic E-state index is 12.0. The summed E-state index contributed by atoms with van der Waals surface area (Å²) in [7, 11) is 0. The van der Waals surface area contributed by atoms with E-state index in [1.165, 1.54) is 26.2 Å². The van der Waals surface area contributed by atoms with E-state index < -0.39 is 0 Å². The number of rotatable bonds is 4. The molecular formula is C16H22N2O2. The molecule has 1 saturated carbocycles. The average Bonchev–Trinajstić information content (AvgIpc) is 2.41. The molecule has 0 aromatic heterocycles. The van der Waals surface area contributed by atoms with Gasteiger partial charge < -0.3 is 10.6 Å². The van der Waals surface area contributed by atoms with E-state index in [9.17, 15) is 9.59 Å². The maximum Gasteiger partial charge on any atom is 0.224 e. The van der Waals surface area contributed by atoms with Gasteiger partial charge in [0.15, 0.2) is 0 Å². The van der Waals surface area contributed by atoms with Crippen LogP contribution in [0, 0.1) is 0 Å². The van der Waals surface area contributed by atoms with Crippen LogP contribution in [0.5, 0.6) is 0 Å². The van der Waals surface area contributed by atoms with Gasteiger partial charge in [-0.15, -0.1) is 0 Å². The zero-order valence-corrected chi connectivity index (χ0v) is 11.9. The molecular weight excluding hydrogens is 252 g/mol. The van der Waals surface area contributed by atoms with Gasteiger partial charge in [-0.3, -0.25) is 9.59 Å². The second kappa shape index (κ2) is 7.08. The highest BCUT2D eigenvalue weighted by atomic mass is 16.2. The number of hydrogen-bond acceptors (Lipinski definition) is 2. The fourth-order valence-electron chi connectivity index (χ4n) is 2.62. The number of nitrogens with one attached hydrogen (secondary N) is 2. The summed E-state index contributed by atoms with van der Waals surface area (Å²) in [6, 6.07) is 7.77. The molecule has 0 bridgehead atoms. The first-order valence-corrected chi connectivity index (χ1v) is 7.29. The highest BCUT2D eigenvalue weighted by Crippen LogP contribution is 2.17. The molecule has 0 aliphatic heterocycles. The van der Waals surface area contributed by atoms with Gasteiger partial charge in [0, 0.05) is 18.7 Å². The van der Waals surface area contributed by atoms with Crippen molar-refractivity contribution in [1.82, 2.24) is 5.32 Å². The first-order chi connectivity index (χ1) is 9.63. The summed E-state index contributed by atoms with van der Waals surface area (Å²) in [6.07, 6.45) is 6.33. The number of anilines is 1. The molecule has 108 valence electrons. The predicted molar refractivity (Wildman–Crippen MR) is 79.5 cm³/mol. The minimum atomic E-state index is -0.0900. The van der Waals surface area contributed by atoms with Crippen LogP contribution in [-0.2, 0) is 16.0 Å². The van der Waals surface area contributed by atoms with Gasteiger partial charge in [-0.2, -0.15) is 0 Å². The highest BCUT2D eigenvalue weighted by Gasteiger charge is 2.15. The summed E-state index contributed by atoms with van der Waals surface area (Å²) < 4.78 is 0. The van der Waals surface area contributed by atoms with Crippen LogP contribution < -0.4 is 10.6 Å². The highest BCUT2D eigenvalue weighted by molar-refractivity contribution is 5.88. The van der Waals surface area contributed by atoms with Crippen LogP contribution in [0.1, 0.15) is 44.6 Å². The summed E-state index contributed by atoms with van der Waals surface area (Å²) in [5.41, 5.74) is 1.72. The normalized spacial score (nSPS) is 15.7. The Morgan fingerprint density at radius 2 is 1.75 bits per heavy atom. The minimum absolute atomic E-state index is 0.0872. The Balaban J connectivity index is 1.82. The first kappa shape index (κ1) is 14.6. The number of hydrogen-bond donors (Lipinski definition) is 2. The lowest BCUT2D eigenvalue weighted by molar-refractivity contribution is -0.121. The molecule has 0 saturated heterocycles. The summed E-state index contributed by atoms with van der Waals surface area (Å²) in [4.78, 5) is 22.9. The Labute approximate surface area is 119 Å². The molecule has 0 heterocycles. The standard InChI is InChI=1S/C16H22N2O2/c1-12(19)17-15-9-7-13(8-10-15)11-16(20)18-14-5-3-2-4-6-14/h7-10,14H,2-6,11H2,1H3,(H,17,19)(H,18,20). The Morgan fingerprint density at radius 1 is 1.10 bits per heavy atom. The number of carbonyl (C=O) groups excluding carboxylic acids is 2. The topological polar surface area (TPSA) is 58.2 Å². The van der Waals surface area contributed by atoms with Gasteiger partial charge in [0.05, 0.1) is 6.42 Å². The Hall–Kier alpha value is -1.84. The Kier molecular flexibility index (Phi) is 5.16. The molecule has 0 atom stereocenters. The monoisotopic (exact) mass is 274 g/mol. The lowest BCUT2D eigenvalue weighted by atomic mass is 9.95. The van der Waals surface area contributed by atoms with Crippen molar-refractivity contribution in [1.29, 1.82) is 0 Å². The molecule has 2 amide bonds. The van der Waals surface area contributed by atoms with Crippen molar-refractivity contribution in [2.75, 3.05) is 5.32 Å². The summed E-state index contributed by atoms with van der Waals surface area (Å²) in [5.74, 6) is -0.00281. The zero-order chi connectivity index (χ0) is 14.4. The van der Waals surface area contributed by atoms with Crippen molar-refractivity contribution in [2.24, 2.45) is 0 Å². The molecule has 1 aliphatic rings. The molecule has 2 N–H and O–H groups in total. The Morgan fingerprint density at radius 3 is 2.35 bits per heavy atom. The smallest absolute Gasteiger partial charge is 0.224 e. The first-order valence-electron chi connectivity index (χ1n) is 7.29. The van der Waals surface area contributed by atoms with Gasteiger partial charge in [-0.05, 0) is 30.5 Å². The van der Waals surface area contributed by atoms with E-state index in [1.54, 1.807) is 0 Å². The van der Waals surface area contributed by atoms with Crippen LogP contribution in [0.25, 0.3) is 0 Å². The van der Waals surface area contributed by atoms with E-state index >= 15 is 0 Å². The minimum Gasteiger partial charge on any atom is -0.353 e. The van der Waals surface area contributed by atoms with E-state index in [-0.39, 0.29) is 11.8 Å². The number of amides is 2. The van der Waals surface area contributed by atoms with Gasteiger partial charge in [-0.25, -0.2) is 0 Å². The second-order valence-electron chi connectivity index (χ2n) is 5.46. The van der Waals surface area contributed by atoms with E-state index in [0.29, 0.717) is 12.5 Å². The van der Waals surface area contributed by atoms with E-state index in [2.05, 4.69) is 10.6 Å². The van der Waals surface area contributed by atoms with Crippen molar-refractivity contribution < 1.29 is 9.59 Å². The molecule has 2 rings (SSSR count). The van der Waals surface area contributed by atoms with Crippen LogP contribution in [-0.4, -0.2) is 17.9 Å².